The molecule has 1 fully saturated rings. The van der Waals surface area contributed by atoms with Gasteiger partial charge in [-0.1, -0.05) is 19.3 Å². The molecule has 3 nitrogen and oxygen atoms in total. The number of ether oxygens (including phenoxy) is 1. The lowest BCUT2D eigenvalue weighted by molar-refractivity contribution is 0.0696. The fraction of sp³-hybridized carbons (Fsp3) is 0.583. The van der Waals surface area contributed by atoms with Gasteiger partial charge in [-0.05, 0) is 34.7 Å². The van der Waals surface area contributed by atoms with Crippen molar-refractivity contribution in [2.45, 2.75) is 32.1 Å². The van der Waals surface area contributed by atoms with Crippen molar-refractivity contribution in [2.24, 2.45) is 5.92 Å². The minimum Gasteiger partial charge on any atom is -0.490 e. The molecule has 0 spiro atoms. The van der Waals surface area contributed by atoms with E-state index in [1.165, 1.54) is 43.4 Å². The molecule has 1 aliphatic carbocycles. The summed E-state index contributed by atoms with van der Waals surface area (Å²) in [5, 5.41) is 10.8. The van der Waals surface area contributed by atoms with Gasteiger partial charge in [0.2, 0.25) is 0 Å². The zero-order valence-corrected chi connectivity index (χ0v) is 11.8. The maximum absolute atomic E-state index is 11.0. The number of aromatic carboxylic acids is 1. The lowest BCUT2D eigenvalue weighted by Gasteiger charge is -2.21. The van der Waals surface area contributed by atoms with Gasteiger partial charge in [0, 0.05) is 5.38 Å². The number of carbonyl (C=O) groups is 1. The monoisotopic (exact) mass is 318 g/mol. The quantitative estimate of drug-likeness (QED) is 0.906. The fourth-order valence-corrected chi connectivity index (χ4v) is 3.59. The van der Waals surface area contributed by atoms with Crippen LogP contribution in [0.4, 0.5) is 0 Å². The smallest absolute Gasteiger partial charge is 0.349 e. The second kappa shape index (κ2) is 5.87. The summed E-state index contributed by atoms with van der Waals surface area (Å²) in [4.78, 5) is 11.3. The number of rotatable bonds is 4. The molecule has 1 N–H and O–H groups in total. The van der Waals surface area contributed by atoms with Crippen molar-refractivity contribution >= 4 is 33.2 Å². The maximum atomic E-state index is 11.0. The molecule has 0 aromatic carbocycles. The Labute approximate surface area is 113 Å². The number of hydrogen-bond acceptors (Lipinski definition) is 3. The maximum Gasteiger partial charge on any atom is 0.349 e. The molecule has 0 unspecified atom stereocenters. The molecule has 1 aromatic rings. The molecule has 0 bridgehead atoms. The van der Waals surface area contributed by atoms with Gasteiger partial charge in [-0.25, -0.2) is 4.79 Å². The average Bonchev–Trinajstić information content (AvgIpc) is 2.69. The van der Waals surface area contributed by atoms with Crippen molar-refractivity contribution in [1.82, 2.24) is 0 Å². The van der Waals surface area contributed by atoms with Crippen LogP contribution in [0.3, 0.4) is 0 Å². The van der Waals surface area contributed by atoms with Crippen LogP contribution in [-0.4, -0.2) is 17.7 Å². The fourth-order valence-electron chi connectivity index (χ4n) is 2.16. The Kier molecular flexibility index (Phi) is 4.45. The van der Waals surface area contributed by atoms with E-state index in [1.807, 2.05) is 0 Å². The molecule has 1 aromatic heterocycles. The van der Waals surface area contributed by atoms with Gasteiger partial charge in [0.15, 0.2) is 10.6 Å². The molecule has 0 atom stereocenters. The van der Waals surface area contributed by atoms with Crippen LogP contribution in [0, 0.1) is 5.92 Å². The summed E-state index contributed by atoms with van der Waals surface area (Å²) < 4.78 is 6.44. The number of carboxylic acids is 1. The van der Waals surface area contributed by atoms with Crippen LogP contribution in [0.2, 0.25) is 0 Å². The number of hydrogen-bond donors (Lipinski definition) is 1. The summed E-state index contributed by atoms with van der Waals surface area (Å²) in [5.74, 6) is 0.157. The molecule has 0 saturated heterocycles. The number of carboxylic acid groups (broad SMARTS) is 1. The summed E-state index contributed by atoms with van der Waals surface area (Å²) in [5.41, 5.74) is 0. The van der Waals surface area contributed by atoms with E-state index in [4.69, 9.17) is 9.84 Å². The Morgan fingerprint density at radius 2 is 2.18 bits per heavy atom. The van der Waals surface area contributed by atoms with Crippen molar-refractivity contribution in [1.29, 1.82) is 0 Å². The summed E-state index contributed by atoms with van der Waals surface area (Å²) in [6, 6.07) is 0. The van der Waals surface area contributed by atoms with Crippen LogP contribution in [0.15, 0.2) is 9.85 Å². The van der Waals surface area contributed by atoms with Gasteiger partial charge < -0.3 is 9.84 Å². The molecule has 5 heteroatoms. The highest BCUT2D eigenvalue weighted by atomic mass is 79.9. The largest absolute Gasteiger partial charge is 0.490 e. The minimum absolute atomic E-state index is 0.285. The molecule has 17 heavy (non-hydrogen) atoms. The second-order valence-corrected chi connectivity index (χ2v) is 6.10. The topological polar surface area (TPSA) is 46.5 Å². The van der Waals surface area contributed by atoms with Crippen LogP contribution < -0.4 is 4.74 Å². The zero-order valence-electron chi connectivity index (χ0n) is 9.45. The molecule has 2 rings (SSSR count). The van der Waals surface area contributed by atoms with Crippen molar-refractivity contribution in [3.05, 3.63) is 14.7 Å². The van der Waals surface area contributed by atoms with E-state index in [0.29, 0.717) is 18.3 Å². The van der Waals surface area contributed by atoms with Gasteiger partial charge in [-0.3, -0.25) is 0 Å². The summed E-state index contributed by atoms with van der Waals surface area (Å²) in [6.07, 6.45) is 6.25. The van der Waals surface area contributed by atoms with Crippen LogP contribution in [-0.2, 0) is 0 Å². The Morgan fingerprint density at radius 1 is 1.47 bits per heavy atom. The molecular formula is C12H15BrO3S. The van der Waals surface area contributed by atoms with Gasteiger partial charge >= 0.3 is 5.97 Å². The van der Waals surface area contributed by atoms with Crippen molar-refractivity contribution < 1.29 is 14.6 Å². The first-order valence-electron chi connectivity index (χ1n) is 5.81. The molecular weight excluding hydrogens is 304 g/mol. The Morgan fingerprint density at radius 3 is 2.82 bits per heavy atom. The Bertz CT molecular complexity index is 396. The Hall–Kier alpha value is -0.550. The summed E-state index contributed by atoms with van der Waals surface area (Å²) in [6.45, 7) is 0.635. The van der Waals surface area contributed by atoms with Gasteiger partial charge in [-0.2, -0.15) is 0 Å². The van der Waals surface area contributed by atoms with E-state index in [2.05, 4.69) is 15.9 Å². The van der Waals surface area contributed by atoms with Crippen LogP contribution in [0.25, 0.3) is 0 Å². The van der Waals surface area contributed by atoms with E-state index in [0.717, 1.165) is 4.47 Å². The first-order valence-corrected chi connectivity index (χ1v) is 7.49. The van der Waals surface area contributed by atoms with Crippen molar-refractivity contribution in [2.75, 3.05) is 6.61 Å². The third-order valence-electron chi connectivity index (χ3n) is 3.09. The molecule has 1 heterocycles. The Balaban J connectivity index is 1.97. The normalized spacial score (nSPS) is 17.0. The lowest BCUT2D eigenvalue weighted by Crippen LogP contribution is -2.16. The summed E-state index contributed by atoms with van der Waals surface area (Å²) >= 11 is 4.53. The van der Waals surface area contributed by atoms with E-state index in [9.17, 15) is 4.79 Å². The average molecular weight is 319 g/mol. The van der Waals surface area contributed by atoms with Gasteiger partial charge in [-0.15, -0.1) is 11.3 Å². The highest BCUT2D eigenvalue weighted by molar-refractivity contribution is 9.10. The van der Waals surface area contributed by atoms with E-state index in [1.54, 1.807) is 5.38 Å². The van der Waals surface area contributed by atoms with Gasteiger partial charge in [0.05, 0.1) is 11.1 Å². The molecule has 0 radical (unpaired) electrons. The van der Waals surface area contributed by atoms with Crippen LogP contribution >= 0.6 is 27.3 Å². The van der Waals surface area contributed by atoms with Gasteiger partial charge in [0.1, 0.15) is 0 Å². The van der Waals surface area contributed by atoms with Gasteiger partial charge in [0.25, 0.3) is 0 Å². The lowest BCUT2D eigenvalue weighted by atomic mass is 9.90. The third-order valence-corrected chi connectivity index (χ3v) is 4.93. The SMILES string of the molecule is O=C(O)c1scc(Br)c1OCC1CCCCC1. The highest BCUT2D eigenvalue weighted by Gasteiger charge is 2.20. The molecule has 1 saturated carbocycles. The van der Waals surface area contributed by atoms with Crippen molar-refractivity contribution in [3.63, 3.8) is 0 Å². The second-order valence-electron chi connectivity index (χ2n) is 4.36. The molecule has 0 aliphatic heterocycles. The van der Waals surface area contributed by atoms with Crippen LogP contribution in [0.1, 0.15) is 41.8 Å². The highest BCUT2D eigenvalue weighted by Crippen LogP contribution is 2.36. The standard InChI is InChI=1S/C12H15BrO3S/c13-9-7-17-11(12(14)15)10(9)16-6-8-4-2-1-3-5-8/h7-8H,1-6H2,(H,14,15). The predicted octanol–water partition coefficient (Wildman–Crippen LogP) is 4.17. The first-order chi connectivity index (χ1) is 8.18. The first kappa shape index (κ1) is 12.9. The van der Waals surface area contributed by atoms with Crippen molar-refractivity contribution in [3.8, 4) is 5.75 Å². The van der Waals surface area contributed by atoms with E-state index in [-0.39, 0.29) is 4.88 Å². The molecule has 94 valence electrons. The zero-order chi connectivity index (χ0) is 12.3. The minimum atomic E-state index is -0.917. The summed E-state index contributed by atoms with van der Waals surface area (Å²) in [7, 11) is 0. The molecule has 0 amide bonds. The number of halogens is 1. The van der Waals surface area contributed by atoms with Crippen LogP contribution in [0.5, 0.6) is 5.75 Å². The van der Waals surface area contributed by atoms with E-state index >= 15 is 0 Å². The predicted molar refractivity (Wildman–Crippen MR) is 71.0 cm³/mol. The molecule has 1 aliphatic rings. The number of thiophene rings is 1. The van der Waals surface area contributed by atoms with E-state index < -0.39 is 5.97 Å². The third kappa shape index (κ3) is 3.22.